The van der Waals surface area contributed by atoms with Crippen LogP contribution in [-0.2, 0) is 0 Å². The number of hydrogen-bond acceptors (Lipinski definition) is 3. The lowest BCUT2D eigenvalue weighted by molar-refractivity contribution is 0.475. The van der Waals surface area contributed by atoms with Crippen LogP contribution in [0, 0.1) is 11.3 Å². The topological polar surface area (TPSA) is 47.3 Å². The van der Waals surface area contributed by atoms with Gasteiger partial charge in [-0.25, -0.2) is 0 Å². The van der Waals surface area contributed by atoms with Crippen molar-refractivity contribution in [1.29, 1.82) is 5.26 Å². The molecule has 0 bridgehead atoms. The molecule has 2 aromatic rings. The number of nitriles is 1. The van der Waals surface area contributed by atoms with Gasteiger partial charge in [0.15, 0.2) is 0 Å². The summed E-state index contributed by atoms with van der Waals surface area (Å²) in [6, 6.07) is 14.6. The van der Waals surface area contributed by atoms with Gasteiger partial charge in [-0.1, -0.05) is 0 Å². The van der Waals surface area contributed by atoms with Gasteiger partial charge in [0.25, 0.3) is 0 Å². The van der Waals surface area contributed by atoms with Crippen LogP contribution >= 0.6 is 15.9 Å². The van der Waals surface area contributed by atoms with Crippen molar-refractivity contribution in [2.75, 3.05) is 11.9 Å². The number of hydrogen-bond donors (Lipinski definition) is 1. The van der Waals surface area contributed by atoms with Gasteiger partial charge < -0.3 is 10.0 Å². The molecule has 0 aliphatic carbocycles. The van der Waals surface area contributed by atoms with E-state index in [1.807, 2.05) is 36.2 Å². The Morgan fingerprint density at radius 1 is 1.11 bits per heavy atom. The average molecular weight is 303 g/mol. The molecule has 0 heterocycles. The molecule has 2 aromatic carbocycles. The number of nitrogens with zero attached hydrogens (tertiary/aromatic N) is 2. The Morgan fingerprint density at radius 2 is 1.72 bits per heavy atom. The third kappa shape index (κ3) is 2.47. The van der Waals surface area contributed by atoms with E-state index in [9.17, 15) is 5.11 Å². The average Bonchev–Trinajstić information content (AvgIpc) is 2.38. The molecule has 0 amide bonds. The van der Waals surface area contributed by atoms with Gasteiger partial charge in [0.1, 0.15) is 11.8 Å². The van der Waals surface area contributed by atoms with Crippen LogP contribution in [0.4, 0.5) is 11.4 Å². The van der Waals surface area contributed by atoms with Gasteiger partial charge in [0.05, 0.1) is 5.56 Å². The normalized spacial score (nSPS) is 9.83. The third-order valence-electron chi connectivity index (χ3n) is 2.70. The lowest BCUT2D eigenvalue weighted by Gasteiger charge is -2.20. The first-order chi connectivity index (χ1) is 8.61. The zero-order valence-corrected chi connectivity index (χ0v) is 11.3. The second kappa shape index (κ2) is 5.11. The molecular formula is C14H11BrN2O. The van der Waals surface area contributed by atoms with Crippen LogP contribution in [0.1, 0.15) is 5.56 Å². The predicted molar refractivity (Wildman–Crippen MR) is 75.0 cm³/mol. The largest absolute Gasteiger partial charge is 0.508 e. The molecule has 0 aliphatic heterocycles. The van der Waals surface area contributed by atoms with Crippen LogP contribution in [0.2, 0.25) is 0 Å². The van der Waals surface area contributed by atoms with E-state index < -0.39 is 0 Å². The Kier molecular flexibility index (Phi) is 3.54. The minimum Gasteiger partial charge on any atom is -0.508 e. The Balaban J connectivity index is 2.34. The molecule has 0 aliphatic rings. The second-order valence-corrected chi connectivity index (χ2v) is 4.71. The van der Waals surface area contributed by atoms with Crippen LogP contribution in [0.25, 0.3) is 0 Å². The molecule has 0 radical (unpaired) electrons. The fraction of sp³-hybridized carbons (Fsp3) is 0.0714. The quantitative estimate of drug-likeness (QED) is 0.918. The molecule has 1 N–H and O–H groups in total. The first-order valence-electron chi connectivity index (χ1n) is 5.34. The number of anilines is 2. The molecule has 0 saturated heterocycles. The molecule has 2 rings (SSSR count). The Morgan fingerprint density at radius 3 is 2.28 bits per heavy atom. The molecule has 4 heteroatoms. The third-order valence-corrected chi connectivity index (χ3v) is 3.35. The minimum absolute atomic E-state index is 0.244. The molecule has 0 atom stereocenters. The van der Waals surface area contributed by atoms with E-state index in [2.05, 4.69) is 22.0 Å². The van der Waals surface area contributed by atoms with Gasteiger partial charge in [-0.2, -0.15) is 5.26 Å². The summed E-state index contributed by atoms with van der Waals surface area (Å²) in [5.41, 5.74) is 2.54. The van der Waals surface area contributed by atoms with Crippen molar-refractivity contribution in [2.45, 2.75) is 0 Å². The number of benzene rings is 2. The summed E-state index contributed by atoms with van der Waals surface area (Å²) >= 11 is 3.37. The second-order valence-electron chi connectivity index (χ2n) is 3.85. The first-order valence-corrected chi connectivity index (χ1v) is 6.13. The Labute approximate surface area is 114 Å². The summed E-state index contributed by atoms with van der Waals surface area (Å²) in [7, 11) is 1.93. The highest BCUT2D eigenvalue weighted by Gasteiger charge is 2.06. The summed E-state index contributed by atoms with van der Waals surface area (Å²) in [5.74, 6) is 0.244. The van der Waals surface area contributed by atoms with Crippen molar-refractivity contribution in [1.82, 2.24) is 0 Å². The maximum Gasteiger partial charge on any atom is 0.115 e. The van der Waals surface area contributed by atoms with E-state index in [4.69, 9.17) is 5.26 Å². The molecule has 0 spiro atoms. The van der Waals surface area contributed by atoms with Gasteiger partial charge in [-0.05, 0) is 58.4 Å². The molecule has 3 nitrogen and oxygen atoms in total. The highest BCUT2D eigenvalue weighted by molar-refractivity contribution is 9.10. The van der Waals surface area contributed by atoms with Crippen molar-refractivity contribution >= 4 is 27.3 Å². The predicted octanol–water partition coefficient (Wildman–Crippen LogP) is 3.79. The van der Waals surface area contributed by atoms with Gasteiger partial charge in [0, 0.05) is 22.9 Å². The summed E-state index contributed by atoms with van der Waals surface area (Å²) in [6.07, 6.45) is 0. The molecule has 0 saturated carbocycles. The van der Waals surface area contributed by atoms with E-state index >= 15 is 0 Å². The molecule has 0 unspecified atom stereocenters. The molecule has 0 aromatic heterocycles. The number of rotatable bonds is 2. The Hall–Kier alpha value is -1.99. The van der Waals surface area contributed by atoms with Crippen LogP contribution < -0.4 is 4.90 Å². The van der Waals surface area contributed by atoms with Crippen LogP contribution in [0.3, 0.4) is 0 Å². The van der Waals surface area contributed by atoms with E-state index in [0.29, 0.717) is 5.56 Å². The number of phenols is 1. The smallest absolute Gasteiger partial charge is 0.115 e. The van der Waals surface area contributed by atoms with Crippen LogP contribution in [0.15, 0.2) is 46.9 Å². The van der Waals surface area contributed by atoms with Gasteiger partial charge in [0.2, 0.25) is 0 Å². The van der Waals surface area contributed by atoms with E-state index in [0.717, 1.165) is 15.8 Å². The van der Waals surface area contributed by atoms with E-state index in [1.165, 1.54) is 0 Å². The summed E-state index contributed by atoms with van der Waals surface area (Å²) in [5, 5.41) is 18.1. The fourth-order valence-electron chi connectivity index (χ4n) is 1.63. The molecule has 90 valence electrons. The standard InChI is InChI=1S/C14H11BrN2O/c1-17(11-4-6-13(18)7-5-11)12-3-2-10(9-16)14(15)8-12/h2-8,18H,1H3. The van der Waals surface area contributed by atoms with Crippen molar-refractivity contribution in [3.05, 3.63) is 52.5 Å². The lowest BCUT2D eigenvalue weighted by Crippen LogP contribution is -2.09. The molecule has 18 heavy (non-hydrogen) atoms. The Bertz CT molecular complexity index is 602. The maximum atomic E-state index is 9.26. The van der Waals surface area contributed by atoms with E-state index in [1.54, 1.807) is 18.2 Å². The fourth-order valence-corrected chi connectivity index (χ4v) is 2.08. The van der Waals surface area contributed by atoms with Gasteiger partial charge >= 0.3 is 0 Å². The van der Waals surface area contributed by atoms with Crippen molar-refractivity contribution < 1.29 is 5.11 Å². The van der Waals surface area contributed by atoms with Crippen molar-refractivity contribution in [3.8, 4) is 11.8 Å². The number of phenolic OH excluding ortho intramolecular Hbond substituents is 1. The van der Waals surface area contributed by atoms with E-state index in [-0.39, 0.29) is 5.75 Å². The van der Waals surface area contributed by atoms with Crippen LogP contribution in [-0.4, -0.2) is 12.2 Å². The van der Waals surface area contributed by atoms with Crippen LogP contribution in [0.5, 0.6) is 5.75 Å². The summed E-state index contributed by atoms with van der Waals surface area (Å²) in [6.45, 7) is 0. The zero-order chi connectivity index (χ0) is 13.1. The van der Waals surface area contributed by atoms with Crippen molar-refractivity contribution in [3.63, 3.8) is 0 Å². The zero-order valence-electron chi connectivity index (χ0n) is 9.76. The molecule has 0 fully saturated rings. The van der Waals surface area contributed by atoms with Gasteiger partial charge in [-0.3, -0.25) is 0 Å². The highest BCUT2D eigenvalue weighted by Crippen LogP contribution is 2.28. The monoisotopic (exact) mass is 302 g/mol. The first kappa shape index (κ1) is 12.5. The number of aromatic hydroxyl groups is 1. The highest BCUT2D eigenvalue weighted by atomic mass is 79.9. The maximum absolute atomic E-state index is 9.26. The van der Waals surface area contributed by atoms with Gasteiger partial charge in [-0.15, -0.1) is 0 Å². The minimum atomic E-state index is 0.244. The van der Waals surface area contributed by atoms with Crippen molar-refractivity contribution in [2.24, 2.45) is 0 Å². The SMILES string of the molecule is CN(c1ccc(O)cc1)c1ccc(C#N)c(Br)c1. The summed E-state index contributed by atoms with van der Waals surface area (Å²) < 4.78 is 0.771. The lowest BCUT2D eigenvalue weighted by atomic mass is 10.2. The molecular weight excluding hydrogens is 292 g/mol. The summed E-state index contributed by atoms with van der Waals surface area (Å²) in [4.78, 5) is 1.98. The number of halogens is 1.